The Labute approximate surface area is 101 Å². The Hall–Kier alpha value is -1.10. The molecule has 0 aliphatic rings. The van der Waals surface area contributed by atoms with Gasteiger partial charge in [0.15, 0.2) is 0 Å². The quantitative estimate of drug-likeness (QED) is 0.881. The van der Waals surface area contributed by atoms with Crippen molar-refractivity contribution in [1.82, 2.24) is 15.0 Å². The highest BCUT2D eigenvalue weighted by Gasteiger charge is 2.12. The molecule has 0 atom stereocenters. The fraction of sp³-hybridized carbons (Fsp3) is 0.700. The minimum atomic E-state index is 0.164. The zero-order chi connectivity index (χ0) is 12.3. The number of hydrogen-bond donors (Lipinski definition) is 1. The minimum absolute atomic E-state index is 0.164. The van der Waals surface area contributed by atoms with Gasteiger partial charge < -0.3 is 10.2 Å². The highest BCUT2D eigenvalue weighted by molar-refractivity contribution is 6.28. The van der Waals surface area contributed by atoms with Gasteiger partial charge in [0.25, 0.3) is 0 Å². The van der Waals surface area contributed by atoms with Gasteiger partial charge in [0.2, 0.25) is 17.2 Å². The van der Waals surface area contributed by atoms with E-state index in [0.29, 0.717) is 11.9 Å². The predicted octanol–water partition coefficient (Wildman–Crippen LogP) is 2.05. The Morgan fingerprint density at radius 2 is 1.81 bits per heavy atom. The number of halogens is 1. The smallest absolute Gasteiger partial charge is 0.230 e. The maximum atomic E-state index is 5.82. The molecule has 1 aromatic rings. The number of hydrogen-bond acceptors (Lipinski definition) is 5. The molecule has 0 amide bonds. The molecule has 6 heteroatoms. The first-order valence-corrected chi connectivity index (χ1v) is 5.48. The summed E-state index contributed by atoms with van der Waals surface area (Å²) in [5.41, 5.74) is 0.164. The summed E-state index contributed by atoms with van der Waals surface area (Å²) in [6.07, 6.45) is 0. The summed E-state index contributed by atoms with van der Waals surface area (Å²) in [6.45, 7) is 7.18. The van der Waals surface area contributed by atoms with Gasteiger partial charge in [-0.15, -0.1) is 0 Å². The molecule has 0 aliphatic carbocycles. The van der Waals surface area contributed by atoms with Crippen LogP contribution in [0.4, 0.5) is 11.9 Å². The maximum absolute atomic E-state index is 5.82. The average Bonchev–Trinajstić information content (AvgIpc) is 2.13. The van der Waals surface area contributed by atoms with E-state index in [9.17, 15) is 0 Å². The van der Waals surface area contributed by atoms with Crippen molar-refractivity contribution in [2.45, 2.75) is 20.8 Å². The molecule has 0 saturated heterocycles. The third-order valence-corrected chi connectivity index (χ3v) is 1.94. The Kier molecular flexibility index (Phi) is 3.91. The van der Waals surface area contributed by atoms with Gasteiger partial charge in [-0.25, -0.2) is 0 Å². The van der Waals surface area contributed by atoms with Crippen LogP contribution in [0.25, 0.3) is 0 Å². The summed E-state index contributed by atoms with van der Waals surface area (Å²) < 4.78 is 0. The summed E-state index contributed by atoms with van der Waals surface area (Å²) in [5.74, 6) is 1.06. The van der Waals surface area contributed by atoms with Gasteiger partial charge in [0.1, 0.15) is 0 Å². The number of rotatable bonds is 3. The van der Waals surface area contributed by atoms with Crippen molar-refractivity contribution in [1.29, 1.82) is 0 Å². The third-order valence-electron chi connectivity index (χ3n) is 1.77. The Balaban J connectivity index is 2.81. The van der Waals surface area contributed by atoms with Crippen LogP contribution in [0.2, 0.25) is 5.28 Å². The third kappa shape index (κ3) is 4.18. The highest BCUT2D eigenvalue weighted by Crippen LogP contribution is 2.15. The lowest BCUT2D eigenvalue weighted by Gasteiger charge is -2.19. The summed E-state index contributed by atoms with van der Waals surface area (Å²) in [4.78, 5) is 14.1. The van der Waals surface area contributed by atoms with Crippen LogP contribution in [0, 0.1) is 5.41 Å². The first-order chi connectivity index (χ1) is 7.28. The van der Waals surface area contributed by atoms with Crippen molar-refractivity contribution >= 4 is 23.5 Å². The highest BCUT2D eigenvalue weighted by atomic mass is 35.5. The summed E-state index contributed by atoms with van der Waals surface area (Å²) in [6, 6.07) is 0. The lowest BCUT2D eigenvalue weighted by molar-refractivity contribution is 0.441. The van der Waals surface area contributed by atoms with Gasteiger partial charge in [-0.2, -0.15) is 15.0 Å². The van der Waals surface area contributed by atoms with Crippen LogP contribution in [-0.2, 0) is 0 Å². The van der Waals surface area contributed by atoms with Crippen molar-refractivity contribution in [3.63, 3.8) is 0 Å². The van der Waals surface area contributed by atoms with Gasteiger partial charge in [0, 0.05) is 20.6 Å². The number of nitrogens with one attached hydrogen (secondary N) is 1. The molecule has 1 aromatic heterocycles. The fourth-order valence-electron chi connectivity index (χ4n) is 0.963. The SMILES string of the molecule is CN(C)c1nc(Cl)nc(NCC(C)(C)C)n1. The first kappa shape index (κ1) is 13.0. The van der Waals surface area contributed by atoms with Gasteiger partial charge in [-0.3, -0.25) is 0 Å². The van der Waals surface area contributed by atoms with E-state index in [1.165, 1.54) is 0 Å². The van der Waals surface area contributed by atoms with Crippen LogP contribution in [0.1, 0.15) is 20.8 Å². The van der Waals surface area contributed by atoms with E-state index in [1.54, 1.807) is 4.90 Å². The molecule has 1 N–H and O–H groups in total. The minimum Gasteiger partial charge on any atom is -0.354 e. The van der Waals surface area contributed by atoms with Gasteiger partial charge in [-0.1, -0.05) is 20.8 Å². The summed E-state index contributed by atoms with van der Waals surface area (Å²) >= 11 is 5.82. The van der Waals surface area contributed by atoms with Crippen molar-refractivity contribution in [3.05, 3.63) is 5.28 Å². The van der Waals surface area contributed by atoms with E-state index in [-0.39, 0.29) is 10.7 Å². The molecule has 0 aliphatic heterocycles. The fourth-order valence-corrected chi connectivity index (χ4v) is 1.12. The molecule has 0 spiro atoms. The second-order valence-corrected chi connectivity index (χ2v) is 5.37. The molecule has 0 fully saturated rings. The molecule has 0 unspecified atom stereocenters. The molecule has 1 heterocycles. The zero-order valence-corrected chi connectivity index (χ0v) is 11.1. The first-order valence-electron chi connectivity index (χ1n) is 5.11. The van der Waals surface area contributed by atoms with Crippen molar-refractivity contribution < 1.29 is 0 Å². The lowest BCUT2D eigenvalue weighted by Crippen LogP contribution is -2.21. The van der Waals surface area contributed by atoms with E-state index in [0.717, 1.165) is 6.54 Å². The molecule has 90 valence electrons. The second kappa shape index (κ2) is 4.82. The van der Waals surface area contributed by atoms with E-state index < -0.39 is 0 Å². The second-order valence-electron chi connectivity index (χ2n) is 5.04. The summed E-state index contributed by atoms with van der Waals surface area (Å²) in [7, 11) is 3.72. The van der Waals surface area contributed by atoms with Crippen LogP contribution in [0.5, 0.6) is 0 Å². The molecular formula is C10H18ClN5. The van der Waals surface area contributed by atoms with E-state index in [4.69, 9.17) is 11.6 Å². The number of nitrogens with zero attached hydrogens (tertiary/aromatic N) is 4. The Morgan fingerprint density at radius 3 is 2.31 bits per heavy atom. The van der Waals surface area contributed by atoms with E-state index in [2.05, 4.69) is 41.0 Å². The van der Waals surface area contributed by atoms with Crippen molar-refractivity contribution in [3.8, 4) is 0 Å². The molecule has 16 heavy (non-hydrogen) atoms. The lowest BCUT2D eigenvalue weighted by atomic mass is 9.97. The monoisotopic (exact) mass is 243 g/mol. The van der Waals surface area contributed by atoms with Crippen LogP contribution in [0.15, 0.2) is 0 Å². The molecule has 0 radical (unpaired) electrons. The van der Waals surface area contributed by atoms with Gasteiger partial charge in [-0.05, 0) is 17.0 Å². The van der Waals surface area contributed by atoms with E-state index in [1.807, 2.05) is 14.1 Å². The predicted molar refractivity (Wildman–Crippen MR) is 67.1 cm³/mol. The number of anilines is 2. The van der Waals surface area contributed by atoms with Crippen LogP contribution < -0.4 is 10.2 Å². The normalized spacial score (nSPS) is 11.4. The molecule has 0 bridgehead atoms. The maximum Gasteiger partial charge on any atom is 0.230 e. The van der Waals surface area contributed by atoms with Crippen LogP contribution in [-0.4, -0.2) is 35.6 Å². The van der Waals surface area contributed by atoms with E-state index >= 15 is 0 Å². The standard InChI is InChI=1S/C10H18ClN5/c1-10(2,3)6-12-8-13-7(11)14-9(15-8)16(4)5/h6H2,1-5H3,(H,12,13,14,15). The average molecular weight is 244 g/mol. The van der Waals surface area contributed by atoms with Crippen molar-refractivity contribution in [2.75, 3.05) is 30.9 Å². The molecule has 5 nitrogen and oxygen atoms in total. The Bertz CT molecular complexity index is 359. The largest absolute Gasteiger partial charge is 0.354 e. The number of aromatic nitrogens is 3. The molecule has 1 rings (SSSR count). The van der Waals surface area contributed by atoms with Gasteiger partial charge in [0.05, 0.1) is 0 Å². The Morgan fingerprint density at radius 1 is 1.19 bits per heavy atom. The van der Waals surface area contributed by atoms with Crippen LogP contribution >= 0.6 is 11.6 Å². The zero-order valence-electron chi connectivity index (χ0n) is 10.4. The topological polar surface area (TPSA) is 53.9 Å². The summed E-state index contributed by atoms with van der Waals surface area (Å²) in [5, 5.41) is 3.35. The van der Waals surface area contributed by atoms with Gasteiger partial charge >= 0.3 is 0 Å². The van der Waals surface area contributed by atoms with Crippen LogP contribution in [0.3, 0.4) is 0 Å². The molecular weight excluding hydrogens is 226 g/mol. The van der Waals surface area contributed by atoms with Crippen molar-refractivity contribution in [2.24, 2.45) is 5.41 Å². The molecule has 0 saturated carbocycles. The molecule has 0 aromatic carbocycles.